The zero-order valence-corrected chi connectivity index (χ0v) is 20.3. The molecular weight excluding hydrogens is 517 g/mol. The number of hydrogen-bond acceptors (Lipinski definition) is 7. The number of fused-ring (bicyclic) bond motifs is 1. The highest BCUT2D eigenvalue weighted by Gasteiger charge is 2.42. The molecule has 5 heterocycles. The molecule has 0 saturated carbocycles. The van der Waals surface area contributed by atoms with E-state index in [1.165, 1.54) is 29.3 Å². The molecule has 2 aliphatic rings. The highest BCUT2D eigenvalue weighted by molar-refractivity contribution is 6.31. The molecule has 14 heteroatoms. The van der Waals surface area contributed by atoms with Crippen molar-refractivity contribution in [2.75, 3.05) is 5.32 Å². The standard InChI is InChI=1S/C24H19ClFN9O3/c25-15-3-6-18(34-11-29-32-33-34)21(22(15)26)12-7-14-2-5-19(35(14)20(36)8-12)23-28-10-17(31-23)16-4-1-13(9-27-16)30-24(37)38/h1,3-4,6,8-11,14,19,30H,2,5,7H2,(H,28,31)(H,37,38)/t14?,19-/m0/s1. The molecule has 38 heavy (non-hydrogen) atoms. The van der Waals surface area contributed by atoms with Gasteiger partial charge in [0.2, 0.25) is 5.91 Å². The molecule has 4 aromatic rings. The summed E-state index contributed by atoms with van der Waals surface area (Å²) in [6, 6.07) is 5.88. The fraction of sp³-hybridized carbons (Fsp3) is 0.208. The lowest BCUT2D eigenvalue weighted by Crippen LogP contribution is -2.39. The van der Waals surface area contributed by atoms with Crippen molar-refractivity contribution in [1.82, 2.24) is 40.1 Å². The number of nitrogens with one attached hydrogen (secondary N) is 2. The number of benzene rings is 1. The number of aromatic amines is 1. The number of carbonyl (C=O) groups is 2. The van der Waals surface area contributed by atoms with Gasteiger partial charge in [-0.15, -0.1) is 5.10 Å². The van der Waals surface area contributed by atoms with E-state index in [4.69, 9.17) is 16.7 Å². The molecular formula is C24H19ClFN9O3. The van der Waals surface area contributed by atoms with Gasteiger partial charge in [0.1, 0.15) is 12.2 Å². The number of halogens is 2. The summed E-state index contributed by atoms with van der Waals surface area (Å²) in [6.45, 7) is 0. The van der Waals surface area contributed by atoms with Gasteiger partial charge in [-0.25, -0.2) is 14.2 Å². The zero-order valence-electron chi connectivity index (χ0n) is 19.5. The second-order valence-corrected chi connectivity index (χ2v) is 9.33. The average molecular weight is 536 g/mol. The average Bonchev–Trinajstić information content (AvgIpc) is 3.66. The fourth-order valence-corrected chi connectivity index (χ4v) is 5.25. The Bertz CT molecular complexity index is 1570. The molecule has 6 rings (SSSR count). The van der Waals surface area contributed by atoms with Gasteiger partial charge in [0, 0.05) is 17.7 Å². The molecule has 3 aromatic heterocycles. The first-order valence-corrected chi connectivity index (χ1v) is 12.0. The van der Waals surface area contributed by atoms with Crippen LogP contribution in [0.2, 0.25) is 5.02 Å². The van der Waals surface area contributed by atoms with Crippen molar-refractivity contribution >= 4 is 34.9 Å². The summed E-state index contributed by atoms with van der Waals surface area (Å²) in [7, 11) is 0. The van der Waals surface area contributed by atoms with Gasteiger partial charge < -0.3 is 15.0 Å². The molecule has 1 fully saturated rings. The molecule has 0 spiro atoms. The molecule has 192 valence electrons. The number of H-pyrrole nitrogens is 1. The monoisotopic (exact) mass is 535 g/mol. The van der Waals surface area contributed by atoms with E-state index in [0.29, 0.717) is 53.4 Å². The van der Waals surface area contributed by atoms with Crippen molar-refractivity contribution in [2.24, 2.45) is 0 Å². The van der Waals surface area contributed by atoms with E-state index in [1.54, 1.807) is 29.3 Å². The predicted molar refractivity (Wildman–Crippen MR) is 133 cm³/mol. The summed E-state index contributed by atoms with van der Waals surface area (Å²) in [4.78, 5) is 38.0. The topological polar surface area (TPSA) is 155 Å². The number of anilines is 1. The number of rotatable bonds is 5. The molecule has 2 aliphatic heterocycles. The molecule has 12 nitrogen and oxygen atoms in total. The molecule has 2 atom stereocenters. The lowest BCUT2D eigenvalue weighted by Gasteiger charge is -2.33. The molecule has 1 unspecified atom stereocenters. The number of amides is 2. The molecule has 1 saturated heterocycles. The Balaban J connectivity index is 1.27. The van der Waals surface area contributed by atoms with Crippen LogP contribution in [-0.4, -0.2) is 63.2 Å². The second kappa shape index (κ2) is 9.34. The highest BCUT2D eigenvalue weighted by Crippen LogP contribution is 2.44. The quantitative estimate of drug-likeness (QED) is 0.348. The van der Waals surface area contributed by atoms with Crippen molar-refractivity contribution in [2.45, 2.75) is 31.3 Å². The Morgan fingerprint density at radius 1 is 1.18 bits per heavy atom. The molecule has 0 aliphatic carbocycles. The number of tetrazole rings is 1. The zero-order chi connectivity index (χ0) is 26.4. The third-order valence-corrected chi connectivity index (χ3v) is 6.99. The van der Waals surface area contributed by atoms with Gasteiger partial charge in [-0.3, -0.25) is 15.1 Å². The van der Waals surface area contributed by atoms with Crippen LogP contribution in [0.1, 0.15) is 36.7 Å². The maximum absolute atomic E-state index is 15.3. The van der Waals surface area contributed by atoms with Crippen molar-refractivity contribution in [3.8, 4) is 17.1 Å². The van der Waals surface area contributed by atoms with Crippen LogP contribution in [-0.2, 0) is 4.79 Å². The Morgan fingerprint density at radius 3 is 2.79 bits per heavy atom. The number of carboxylic acid groups (broad SMARTS) is 1. The van der Waals surface area contributed by atoms with E-state index in [2.05, 4.69) is 35.8 Å². The minimum atomic E-state index is -1.17. The Kier molecular flexibility index (Phi) is 5.83. The van der Waals surface area contributed by atoms with Crippen molar-refractivity contribution in [1.29, 1.82) is 0 Å². The van der Waals surface area contributed by atoms with Crippen LogP contribution in [0.4, 0.5) is 14.9 Å². The molecule has 0 bridgehead atoms. The van der Waals surface area contributed by atoms with E-state index >= 15 is 4.39 Å². The van der Waals surface area contributed by atoms with Crippen LogP contribution in [0.5, 0.6) is 0 Å². The van der Waals surface area contributed by atoms with Crippen LogP contribution < -0.4 is 5.32 Å². The fourth-order valence-electron chi connectivity index (χ4n) is 5.09. The van der Waals surface area contributed by atoms with Gasteiger partial charge in [-0.05, 0) is 59.5 Å². The van der Waals surface area contributed by atoms with E-state index < -0.39 is 11.9 Å². The van der Waals surface area contributed by atoms with Crippen LogP contribution in [0.3, 0.4) is 0 Å². The summed E-state index contributed by atoms with van der Waals surface area (Å²) in [5.74, 6) is -0.263. The number of hydrogen-bond donors (Lipinski definition) is 3. The normalized spacial score (nSPS) is 18.8. The van der Waals surface area contributed by atoms with Gasteiger partial charge in [0.05, 0.1) is 46.2 Å². The summed E-state index contributed by atoms with van der Waals surface area (Å²) in [5.41, 5.74) is 2.69. The van der Waals surface area contributed by atoms with Crippen LogP contribution in [0, 0.1) is 5.82 Å². The van der Waals surface area contributed by atoms with Gasteiger partial charge in [0.25, 0.3) is 0 Å². The van der Waals surface area contributed by atoms with Gasteiger partial charge in [-0.1, -0.05) is 11.6 Å². The van der Waals surface area contributed by atoms with Crippen LogP contribution >= 0.6 is 11.6 Å². The van der Waals surface area contributed by atoms with Gasteiger partial charge in [0.15, 0.2) is 5.82 Å². The molecule has 0 radical (unpaired) electrons. The Labute approximate surface area is 219 Å². The van der Waals surface area contributed by atoms with Gasteiger partial charge in [-0.2, -0.15) is 4.68 Å². The lowest BCUT2D eigenvalue weighted by atomic mass is 9.92. The van der Waals surface area contributed by atoms with Crippen LogP contribution in [0.15, 0.2) is 49.1 Å². The SMILES string of the molecule is O=C(O)Nc1ccc(-c2cnc([C@@H]3CCC4CC(c5c(-n6cnnn6)ccc(Cl)c5F)=CC(=O)N43)[nH]2)nc1. The number of carbonyl (C=O) groups excluding carboxylic acids is 1. The minimum absolute atomic E-state index is 0.0552. The van der Waals surface area contributed by atoms with E-state index in [1.807, 2.05) is 0 Å². The maximum Gasteiger partial charge on any atom is 0.409 e. The van der Waals surface area contributed by atoms with E-state index in [9.17, 15) is 9.59 Å². The summed E-state index contributed by atoms with van der Waals surface area (Å²) in [5, 5.41) is 22.1. The number of aromatic nitrogens is 7. The molecule has 2 amide bonds. The summed E-state index contributed by atoms with van der Waals surface area (Å²) < 4.78 is 16.6. The smallest absolute Gasteiger partial charge is 0.409 e. The second-order valence-electron chi connectivity index (χ2n) is 8.92. The third kappa shape index (κ3) is 4.16. The first kappa shape index (κ1) is 23.7. The maximum atomic E-state index is 15.3. The van der Waals surface area contributed by atoms with Crippen molar-refractivity contribution < 1.29 is 19.1 Å². The van der Waals surface area contributed by atoms with Crippen molar-refractivity contribution in [3.63, 3.8) is 0 Å². The third-order valence-electron chi connectivity index (χ3n) is 6.70. The molecule has 1 aromatic carbocycles. The summed E-state index contributed by atoms with van der Waals surface area (Å²) in [6.07, 6.45) is 6.48. The van der Waals surface area contributed by atoms with E-state index in [0.717, 1.165) is 0 Å². The number of nitrogens with zero attached hydrogens (tertiary/aromatic N) is 7. The lowest BCUT2D eigenvalue weighted by molar-refractivity contribution is -0.129. The summed E-state index contributed by atoms with van der Waals surface area (Å²) >= 11 is 6.10. The predicted octanol–water partition coefficient (Wildman–Crippen LogP) is 3.85. The first-order chi connectivity index (χ1) is 18.4. The van der Waals surface area contributed by atoms with E-state index in [-0.39, 0.29) is 28.6 Å². The highest BCUT2D eigenvalue weighted by atomic mass is 35.5. The Morgan fingerprint density at radius 2 is 2.05 bits per heavy atom. The van der Waals surface area contributed by atoms with Crippen molar-refractivity contribution in [3.05, 3.63) is 71.3 Å². The minimum Gasteiger partial charge on any atom is -0.465 e. The van der Waals surface area contributed by atoms with Crippen LogP contribution in [0.25, 0.3) is 22.6 Å². The molecule has 3 N–H and O–H groups in total. The Hall–Kier alpha value is -4.65. The number of imidazole rings is 1. The van der Waals surface area contributed by atoms with Gasteiger partial charge >= 0.3 is 6.09 Å². The number of pyridine rings is 1. The first-order valence-electron chi connectivity index (χ1n) is 11.6. The largest absolute Gasteiger partial charge is 0.465 e.